The quantitative estimate of drug-likeness (QED) is 0.673. The van der Waals surface area contributed by atoms with Crippen LogP contribution in [0.5, 0.6) is 0 Å². The highest BCUT2D eigenvalue weighted by atomic mass is 16.4. The second-order valence-electron chi connectivity index (χ2n) is 5.21. The fraction of sp³-hybridized carbons (Fsp3) is 0.833. The lowest BCUT2D eigenvalue weighted by Gasteiger charge is -2.36. The molecule has 0 saturated heterocycles. The largest absolute Gasteiger partial charge is 0.480 e. The molecule has 1 fully saturated rings. The highest BCUT2D eigenvalue weighted by molar-refractivity contribution is 6.02. The van der Waals surface area contributed by atoms with Crippen molar-refractivity contribution in [1.82, 2.24) is 10.2 Å². The molecule has 1 rings (SSSR count). The second kappa shape index (κ2) is 5.49. The molecule has 5 nitrogen and oxygen atoms in total. The molecular formula is C12H22N2O3. The van der Waals surface area contributed by atoms with Crippen molar-refractivity contribution >= 4 is 11.9 Å². The molecule has 0 spiro atoms. The summed E-state index contributed by atoms with van der Waals surface area (Å²) < 4.78 is 0. The third-order valence-electron chi connectivity index (χ3n) is 3.44. The van der Waals surface area contributed by atoms with E-state index in [1.807, 2.05) is 25.9 Å². The number of carboxylic acid groups (broad SMARTS) is 1. The van der Waals surface area contributed by atoms with Gasteiger partial charge in [0.15, 0.2) is 0 Å². The Labute approximate surface area is 102 Å². The Hall–Kier alpha value is -1.10. The highest BCUT2D eigenvalue weighted by Crippen LogP contribution is 2.41. The molecule has 1 aliphatic carbocycles. The van der Waals surface area contributed by atoms with Crippen LogP contribution in [0, 0.1) is 5.41 Å². The van der Waals surface area contributed by atoms with Crippen molar-refractivity contribution in [3.63, 3.8) is 0 Å². The van der Waals surface area contributed by atoms with Gasteiger partial charge in [-0.3, -0.25) is 9.59 Å². The van der Waals surface area contributed by atoms with Gasteiger partial charge in [-0.2, -0.15) is 0 Å². The van der Waals surface area contributed by atoms with Crippen LogP contribution in [0.3, 0.4) is 0 Å². The number of carbonyl (C=O) groups is 2. The fourth-order valence-electron chi connectivity index (χ4n) is 1.95. The van der Waals surface area contributed by atoms with Crippen molar-refractivity contribution in [3.8, 4) is 0 Å². The molecule has 0 aromatic heterocycles. The van der Waals surface area contributed by atoms with E-state index >= 15 is 0 Å². The SMILES string of the molecule is CC(CCN(C)C)NC(=O)C1(C(=O)O)CCC1. The molecule has 0 aromatic carbocycles. The summed E-state index contributed by atoms with van der Waals surface area (Å²) in [4.78, 5) is 25.1. The van der Waals surface area contributed by atoms with Crippen LogP contribution < -0.4 is 5.32 Å². The molecule has 0 aromatic rings. The molecule has 0 heterocycles. The van der Waals surface area contributed by atoms with Gasteiger partial charge in [0.2, 0.25) is 5.91 Å². The van der Waals surface area contributed by atoms with E-state index in [9.17, 15) is 9.59 Å². The maximum Gasteiger partial charge on any atom is 0.319 e. The molecule has 2 N–H and O–H groups in total. The lowest BCUT2D eigenvalue weighted by Crippen LogP contribution is -2.53. The summed E-state index contributed by atoms with van der Waals surface area (Å²) in [6.07, 6.45) is 2.59. The number of hydrogen-bond acceptors (Lipinski definition) is 3. The van der Waals surface area contributed by atoms with E-state index in [-0.39, 0.29) is 11.9 Å². The fourth-order valence-corrected chi connectivity index (χ4v) is 1.95. The summed E-state index contributed by atoms with van der Waals surface area (Å²) in [7, 11) is 3.94. The Morgan fingerprint density at radius 1 is 1.41 bits per heavy atom. The molecule has 98 valence electrons. The van der Waals surface area contributed by atoms with Crippen LogP contribution in [0.2, 0.25) is 0 Å². The second-order valence-corrected chi connectivity index (χ2v) is 5.21. The smallest absolute Gasteiger partial charge is 0.319 e. The molecule has 1 aliphatic rings. The van der Waals surface area contributed by atoms with E-state index in [0.29, 0.717) is 12.8 Å². The third kappa shape index (κ3) is 3.19. The minimum Gasteiger partial charge on any atom is -0.480 e. The van der Waals surface area contributed by atoms with Crippen LogP contribution in [0.25, 0.3) is 0 Å². The number of nitrogens with zero attached hydrogens (tertiary/aromatic N) is 1. The first-order chi connectivity index (χ1) is 7.88. The maximum absolute atomic E-state index is 11.9. The summed E-state index contributed by atoms with van der Waals surface area (Å²) in [6.45, 7) is 2.79. The van der Waals surface area contributed by atoms with E-state index in [0.717, 1.165) is 19.4 Å². The Balaban J connectivity index is 2.45. The Morgan fingerprint density at radius 3 is 2.35 bits per heavy atom. The van der Waals surface area contributed by atoms with Gasteiger partial charge >= 0.3 is 5.97 Å². The van der Waals surface area contributed by atoms with Gasteiger partial charge in [-0.25, -0.2) is 0 Å². The Morgan fingerprint density at radius 2 is 2.00 bits per heavy atom. The molecule has 17 heavy (non-hydrogen) atoms. The molecular weight excluding hydrogens is 220 g/mol. The van der Waals surface area contributed by atoms with Gasteiger partial charge in [0.1, 0.15) is 5.41 Å². The van der Waals surface area contributed by atoms with Gasteiger partial charge in [0.05, 0.1) is 0 Å². The summed E-state index contributed by atoms with van der Waals surface area (Å²) in [5.41, 5.74) is -1.15. The average molecular weight is 242 g/mol. The van der Waals surface area contributed by atoms with Crippen LogP contribution >= 0.6 is 0 Å². The number of hydrogen-bond donors (Lipinski definition) is 2. The summed E-state index contributed by atoms with van der Waals surface area (Å²) in [5, 5.41) is 11.9. The zero-order valence-corrected chi connectivity index (χ0v) is 10.8. The lowest BCUT2D eigenvalue weighted by molar-refractivity contribution is -0.162. The third-order valence-corrected chi connectivity index (χ3v) is 3.44. The molecule has 1 amide bonds. The van der Waals surface area contributed by atoms with Crippen LogP contribution in [0.15, 0.2) is 0 Å². The van der Waals surface area contributed by atoms with Crippen molar-refractivity contribution in [2.75, 3.05) is 20.6 Å². The zero-order valence-electron chi connectivity index (χ0n) is 10.8. The topological polar surface area (TPSA) is 69.6 Å². The van der Waals surface area contributed by atoms with E-state index < -0.39 is 11.4 Å². The minimum atomic E-state index is -1.15. The zero-order chi connectivity index (χ0) is 13.1. The van der Waals surface area contributed by atoms with E-state index in [1.54, 1.807) is 0 Å². The summed E-state index contributed by atoms with van der Waals surface area (Å²) in [6, 6.07) is 0.0155. The van der Waals surface area contributed by atoms with Crippen molar-refractivity contribution < 1.29 is 14.7 Å². The molecule has 0 aliphatic heterocycles. The number of amides is 1. The van der Waals surface area contributed by atoms with Crippen LogP contribution in [-0.2, 0) is 9.59 Å². The average Bonchev–Trinajstić information content (AvgIpc) is 2.11. The monoisotopic (exact) mass is 242 g/mol. The van der Waals surface area contributed by atoms with Crippen molar-refractivity contribution in [3.05, 3.63) is 0 Å². The predicted octanol–water partition coefficient (Wildman–Crippen LogP) is 0.698. The van der Waals surface area contributed by atoms with Gasteiger partial charge < -0.3 is 15.3 Å². The van der Waals surface area contributed by atoms with Crippen molar-refractivity contribution in [2.45, 2.75) is 38.6 Å². The van der Waals surface area contributed by atoms with Crippen molar-refractivity contribution in [2.24, 2.45) is 5.41 Å². The molecule has 1 saturated carbocycles. The van der Waals surface area contributed by atoms with Gasteiger partial charge in [-0.05, 0) is 46.8 Å². The number of carboxylic acids is 1. The highest BCUT2D eigenvalue weighted by Gasteiger charge is 2.51. The van der Waals surface area contributed by atoms with E-state index in [4.69, 9.17) is 5.11 Å². The molecule has 1 unspecified atom stereocenters. The van der Waals surface area contributed by atoms with E-state index in [1.165, 1.54) is 0 Å². The van der Waals surface area contributed by atoms with Gasteiger partial charge in [-0.15, -0.1) is 0 Å². The molecule has 0 radical (unpaired) electrons. The standard InChI is InChI=1S/C12H22N2O3/c1-9(5-8-14(2)3)13-10(15)12(11(16)17)6-4-7-12/h9H,4-8H2,1-3H3,(H,13,15)(H,16,17). The first-order valence-corrected chi connectivity index (χ1v) is 6.07. The van der Waals surface area contributed by atoms with Crippen LogP contribution in [0.1, 0.15) is 32.6 Å². The van der Waals surface area contributed by atoms with Crippen molar-refractivity contribution in [1.29, 1.82) is 0 Å². The molecule has 0 bridgehead atoms. The molecule has 1 atom stereocenters. The predicted molar refractivity (Wildman–Crippen MR) is 64.7 cm³/mol. The summed E-state index contributed by atoms with van der Waals surface area (Å²) in [5.74, 6) is -1.30. The summed E-state index contributed by atoms with van der Waals surface area (Å²) >= 11 is 0. The van der Waals surface area contributed by atoms with Crippen LogP contribution in [-0.4, -0.2) is 48.6 Å². The number of carbonyl (C=O) groups excluding carboxylic acids is 1. The number of aliphatic carboxylic acids is 1. The maximum atomic E-state index is 11.9. The van der Waals surface area contributed by atoms with Gasteiger partial charge in [0.25, 0.3) is 0 Å². The normalized spacial score (nSPS) is 19.5. The molecule has 5 heteroatoms. The number of nitrogens with one attached hydrogen (secondary N) is 1. The van der Waals surface area contributed by atoms with Crippen LogP contribution in [0.4, 0.5) is 0 Å². The Kier molecular flexibility index (Phi) is 4.51. The lowest BCUT2D eigenvalue weighted by atomic mass is 9.68. The first kappa shape index (κ1) is 14.0. The Bertz CT molecular complexity index is 298. The minimum absolute atomic E-state index is 0.0155. The van der Waals surface area contributed by atoms with Gasteiger partial charge in [-0.1, -0.05) is 6.42 Å². The number of rotatable bonds is 6. The van der Waals surface area contributed by atoms with E-state index in [2.05, 4.69) is 5.32 Å². The van der Waals surface area contributed by atoms with Gasteiger partial charge in [0, 0.05) is 6.04 Å². The first-order valence-electron chi connectivity index (χ1n) is 6.07.